The number of hydrogen-bond donors (Lipinski definition) is 1. The zero-order valence-electron chi connectivity index (χ0n) is 12.8. The quantitative estimate of drug-likeness (QED) is 0.781. The lowest BCUT2D eigenvalue weighted by molar-refractivity contribution is -0.127. The molecule has 0 aromatic rings. The van der Waals surface area contributed by atoms with E-state index in [1.807, 2.05) is 0 Å². The van der Waals surface area contributed by atoms with E-state index in [-0.39, 0.29) is 0 Å². The summed E-state index contributed by atoms with van der Waals surface area (Å²) in [5.41, 5.74) is 0.299. The monoisotopic (exact) mass is 253 g/mol. The van der Waals surface area contributed by atoms with Crippen LogP contribution in [-0.4, -0.2) is 24.8 Å². The fourth-order valence-electron chi connectivity index (χ4n) is 3.15. The highest BCUT2D eigenvalue weighted by molar-refractivity contribution is 5.04. The molecule has 0 aromatic carbocycles. The third kappa shape index (κ3) is 2.91. The van der Waals surface area contributed by atoms with Crippen molar-refractivity contribution in [2.45, 2.75) is 78.5 Å². The number of rotatable bonds is 6. The Morgan fingerprint density at radius 2 is 1.89 bits per heavy atom. The van der Waals surface area contributed by atoms with E-state index in [4.69, 9.17) is 4.74 Å². The van der Waals surface area contributed by atoms with Crippen LogP contribution in [0.25, 0.3) is 0 Å². The van der Waals surface area contributed by atoms with Crippen LogP contribution in [0.1, 0.15) is 60.3 Å². The van der Waals surface area contributed by atoms with Gasteiger partial charge in [0.15, 0.2) is 0 Å². The SMILES string of the molecule is CC(C)COC1CC(NC(C)C2CCC2)C1(C)C. The molecule has 0 aliphatic heterocycles. The van der Waals surface area contributed by atoms with Gasteiger partial charge in [-0.2, -0.15) is 0 Å². The Morgan fingerprint density at radius 3 is 2.33 bits per heavy atom. The molecule has 0 radical (unpaired) electrons. The zero-order chi connectivity index (χ0) is 13.3. The van der Waals surface area contributed by atoms with E-state index >= 15 is 0 Å². The van der Waals surface area contributed by atoms with Gasteiger partial charge in [-0.25, -0.2) is 0 Å². The standard InChI is InChI=1S/C16H31NO/c1-11(2)10-18-15-9-14(16(15,4)5)17-12(3)13-7-6-8-13/h11-15,17H,6-10H2,1-5H3. The summed E-state index contributed by atoms with van der Waals surface area (Å²) in [4.78, 5) is 0. The number of ether oxygens (including phenoxy) is 1. The van der Waals surface area contributed by atoms with E-state index in [1.54, 1.807) is 0 Å². The summed E-state index contributed by atoms with van der Waals surface area (Å²) in [6.07, 6.45) is 5.93. The van der Waals surface area contributed by atoms with Crippen LogP contribution in [0.4, 0.5) is 0 Å². The van der Waals surface area contributed by atoms with Gasteiger partial charge in [0.05, 0.1) is 6.10 Å². The van der Waals surface area contributed by atoms with Gasteiger partial charge in [0, 0.05) is 24.1 Å². The van der Waals surface area contributed by atoms with Crippen molar-refractivity contribution < 1.29 is 4.74 Å². The molecule has 2 fully saturated rings. The van der Waals surface area contributed by atoms with E-state index in [0.29, 0.717) is 29.5 Å². The van der Waals surface area contributed by atoms with E-state index in [9.17, 15) is 0 Å². The van der Waals surface area contributed by atoms with Gasteiger partial charge < -0.3 is 10.1 Å². The van der Waals surface area contributed by atoms with Gasteiger partial charge in [-0.3, -0.25) is 0 Å². The molecule has 0 aromatic heterocycles. The first-order chi connectivity index (χ1) is 8.41. The second kappa shape index (κ2) is 5.50. The smallest absolute Gasteiger partial charge is 0.0656 e. The molecule has 2 aliphatic rings. The molecule has 0 bridgehead atoms. The lowest BCUT2D eigenvalue weighted by Gasteiger charge is -2.54. The Labute approximate surface area is 113 Å². The van der Waals surface area contributed by atoms with Gasteiger partial charge in [0.25, 0.3) is 0 Å². The summed E-state index contributed by atoms with van der Waals surface area (Å²) >= 11 is 0. The Morgan fingerprint density at radius 1 is 1.22 bits per heavy atom. The predicted octanol–water partition coefficient (Wildman–Crippen LogP) is 3.60. The van der Waals surface area contributed by atoms with Crippen LogP contribution < -0.4 is 5.32 Å². The van der Waals surface area contributed by atoms with E-state index in [2.05, 4.69) is 39.9 Å². The van der Waals surface area contributed by atoms with E-state index in [0.717, 1.165) is 12.5 Å². The minimum absolute atomic E-state index is 0.299. The summed E-state index contributed by atoms with van der Waals surface area (Å²) in [6.45, 7) is 12.4. The van der Waals surface area contributed by atoms with Crippen molar-refractivity contribution in [3.05, 3.63) is 0 Å². The Balaban J connectivity index is 1.75. The summed E-state index contributed by atoms with van der Waals surface area (Å²) in [7, 11) is 0. The first-order valence-electron chi connectivity index (χ1n) is 7.79. The van der Waals surface area contributed by atoms with Crippen molar-refractivity contribution in [3.8, 4) is 0 Å². The van der Waals surface area contributed by atoms with Crippen molar-refractivity contribution in [1.82, 2.24) is 5.32 Å². The second-order valence-electron chi connectivity index (χ2n) is 7.47. The summed E-state index contributed by atoms with van der Waals surface area (Å²) in [5, 5.41) is 3.85. The highest BCUT2D eigenvalue weighted by Gasteiger charge is 2.49. The molecule has 3 atom stereocenters. The molecular formula is C16H31NO. The maximum absolute atomic E-state index is 6.03. The van der Waals surface area contributed by atoms with Crippen LogP contribution >= 0.6 is 0 Å². The van der Waals surface area contributed by atoms with Crippen molar-refractivity contribution >= 4 is 0 Å². The first-order valence-corrected chi connectivity index (χ1v) is 7.79. The fourth-order valence-corrected chi connectivity index (χ4v) is 3.15. The Hall–Kier alpha value is -0.0800. The molecule has 0 saturated heterocycles. The van der Waals surface area contributed by atoms with Gasteiger partial charge in [-0.05, 0) is 38.0 Å². The molecule has 2 nitrogen and oxygen atoms in total. The Kier molecular flexibility index (Phi) is 4.38. The third-order valence-corrected chi connectivity index (χ3v) is 5.13. The van der Waals surface area contributed by atoms with Crippen molar-refractivity contribution in [2.75, 3.05) is 6.61 Å². The van der Waals surface area contributed by atoms with Gasteiger partial charge in [-0.15, -0.1) is 0 Å². The maximum Gasteiger partial charge on any atom is 0.0656 e. The molecule has 3 unspecified atom stereocenters. The average Bonchev–Trinajstić information content (AvgIpc) is 2.19. The predicted molar refractivity (Wildman–Crippen MR) is 76.7 cm³/mol. The van der Waals surface area contributed by atoms with Crippen LogP contribution in [0.15, 0.2) is 0 Å². The highest BCUT2D eigenvalue weighted by Crippen LogP contribution is 2.44. The molecule has 0 spiro atoms. The van der Waals surface area contributed by atoms with Gasteiger partial charge in [-0.1, -0.05) is 34.1 Å². The Bertz CT molecular complexity index is 270. The zero-order valence-corrected chi connectivity index (χ0v) is 12.8. The summed E-state index contributed by atoms with van der Waals surface area (Å²) in [6, 6.07) is 1.33. The molecule has 18 heavy (non-hydrogen) atoms. The average molecular weight is 253 g/mol. The number of nitrogens with one attached hydrogen (secondary N) is 1. The van der Waals surface area contributed by atoms with Crippen molar-refractivity contribution in [3.63, 3.8) is 0 Å². The second-order valence-corrected chi connectivity index (χ2v) is 7.47. The van der Waals surface area contributed by atoms with E-state index < -0.39 is 0 Å². The topological polar surface area (TPSA) is 21.3 Å². The van der Waals surface area contributed by atoms with Crippen LogP contribution in [0.2, 0.25) is 0 Å². The lowest BCUT2D eigenvalue weighted by Crippen LogP contribution is -2.63. The minimum atomic E-state index is 0.299. The number of hydrogen-bond acceptors (Lipinski definition) is 2. The molecule has 0 heterocycles. The molecule has 1 N–H and O–H groups in total. The largest absolute Gasteiger partial charge is 0.377 e. The molecule has 106 valence electrons. The summed E-state index contributed by atoms with van der Waals surface area (Å²) < 4.78 is 6.03. The van der Waals surface area contributed by atoms with Crippen LogP contribution in [0, 0.1) is 17.3 Å². The van der Waals surface area contributed by atoms with Gasteiger partial charge >= 0.3 is 0 Å². The fraction of sp³-hybridized carbons (Fsp3) is 1.00. The molecule has 2 rings (SSSR count). The molecule has 2 saturated carbocycles. The van der Waals surface area contributed by atoms with Gasteiger partial charge in [0.1, 0.15) is 0 Å². The van der Waals surface area contributed by atoms with Crippen molar-refractivity contribution in [1.29, 1.82) is 0 Å². The van der Waals surface area contributed by atoms with Crippen molar-refractivity contribution in [2.24, 2.45) is 17.3 Å². The normalized spacial score (nSPS) is 33.0. The van der Waals surface area contributed by atoms with Crippen LogP contribution in [-0.2, 0) is 4.74 Å². The molecule has 0 amide bonds. The van der Waals surface area contributed by atoms with Crippen LogP contribution in [0.5, 0.6) is 0 Å². The molecular weight excluding hydrogens is 222 g/mol. The molecule has 2 heteroatoms. The summed E-state index contributed by atoms with van der Waals surface area (Å²) in [5.74, 6) is 1.57. The molecule has 2 aliphatic carbocycles. The first kappa shape index (κ1) is 14.3. The maximum atomic E-state index is 6.03. The third-order valence-electron chi connectivity index (χ3n) is 5.13. The van der Waals surface area contributed by atoms with Gasteiger partial charge in [0.2, 0.25) is 0 Å². The van der Waals surface area contributed by atoms with E-state index in [1.165, 1.54) is 25.7 Å². The lowest BCUT2D eigenvalue weighted by atomic mass is 9.63. The van der Waals surface area contributed by atoms with Crippen LogP contribution in [0.3, 0.4) is 0 Å². The highest BCUT2D eigenvalue weighted by atomic mass is 16.5. The minimum Gasteiger partial charge on any atom is -0.377 e.